The number of hydrogen-bond acceptors (Lipinski definition) is 3. The normalized spacial score (nSPS) is 13.2. The summed E-state index contributed by atoms with van der Waals surface area (Å²) in [4.78, 5) is 13.5. The molecule has 1 amide bonds. The van der Waals surface area contributed by atoms with Gasteiger partial charge in [0.1, 0.15) is 11.0 Å². The van der Waals surface area contributed by atoms with Gasteiger partial charge in [-0.3, -0.25) is 4.79 Å². The third-order valence-electron chi connectivity index (χ3n) is 3.04. The molecule has 0 saturated carbocycles. The summed E-state index contributed by atoms with van der Waals surface area (Å²) >= 11 is 7.66. The highest BCUT2D eigenvalue weighted by molar-refractivity contribution is 8.00. The number of ether oxygens (including phenoxy) is 1. The average Bonchev–Trinajstić information content (AvgIpc) is 2.54. The highest BCUT2D eigenvalue weighted by Gasteiger charge is 2.25. The standard InChI is InChI=1S/C17H18ClNO2S/c1-12(18)16(22-15-6-4-3-5-7-15)17(20)19-13-8-10-14(21-2)11-9-13/h3-12,16H,1-2H3,(H,19,20)/t12-,16-/m1/s1. The fourth-order valence-electron chi connectivity index (χ4n) is 1.89. The molecule has 0 heterocycles. The molecule has 0 aliphatic rings. The van der Waals surface area contributed by atoms with Gasteiger partial charge in [0.15, 0.2) is 0 Å². The molecule has 0 aliphatic heterocycles. The van der Waals surface area contributed by atoms with Gasteiger partial charge in [-0.1, -0.05) is 18.2 Å². The first-order chi connectivity index (χ1) is 10.6. The minimum absolute atomic E-state index is 0.110. The third kappa shape index (κ3) is 4.68. The second-order valence-electron chi connectivity index (χ2n) is 4.75. The Bertz CT molecular complexity index is 602. The number of methoxy groups -OCH3 is 1. The van der Waals surface area contributed by atoms with Crippen molar-refractivity contribution >= 4 is 35.0 Å². The molecule has 2 atom stereocenters. The number of benzene rings is 2. The second-order valence-corrected chi connectivity index (χ2v) is 6.65. The fraction of sp³-hybridized carbons (Fsp3) is 0.235. The zero-order valence-electron chi connectivity index (χ0n) is 12.5. The Morgan fingerprint density at radius 2 is 1.77 bits per heavy atom. The smallest absolute Gasteiger partial charge is 0.239 e. The highest BCUT2D eigenvalue weighted by atomic mass is 35.5. The van der Waals surface area contributed by atoms with Crippen LogP contribution in [0, 0.1) is 0 Å². The molecule has 5 heteroatoms. The molecule has 0 saturated heterocycles. The molecule has 2 rings (SSSR count). The molecule has 0 aliphatic carbocycles. The number of carbonyl (C=O) groups excluding carboxylic acids is 1. The minimum atomic E-state index is -0.369. The lowest BCUT2D eigenvalue weighted by molar-refractivity contribution is -0.115. The Morgan fingerprint density at radius 3 is 2.32 bits per heavy atom. The Hall–Kier alpha value is -1.65. The number of thioether (sulfide) groups is 1. The van der Waals surface area contributed by atoms with Crippen LogP contribution in [0.25, 0.3) is 0 Å². The van der Waals surface area contributed by atoms with Gasteiger partial charge in [0.2, 0.25) is 5.91 Å². The van der Waals surface area contributed by atoms with E-state index in [2.05, 4.69) is 5.32 Å². The average molecular weight is 336 g/mol. The topological polar surface area (TPSA) is 38.3 Å². The first-order valence-corrected chi connectivity index (χ1v) is 8.22. The van der Waals surface area contributed by atoms with Crippen molar-refractivity contribution in [2.24, 2.45) is 0 Å². The number of rotatable bonds is 6. The molecule has 2 aromatic carbocycles. The van der Waals surface area contributed by atoms with Gasteiger partial charge in [-0.25, -0.2) is 0 Å². The lowest BCUT2D eigenvalue weighted by Crippen LogP contribution is -2.31. The maximum absolute atomic E-state index is 12.5. The van der Waals surface area contributed by atoms with E-state index in [1.165, 1.54) is 11.8 Å². The summed E-state index contributed by atoms with van der Waals surface area (Å²) in [5, 5.41) is 2.24. The van der Waals surface area contributed by atoms with Crippen LogP contribution in [0.15, 0.2) is 59.5 Å². The maximum atomic E-state index is 12.5. The van der Waals surface area contributed by atoms with E-state index in [4.69, 9.17) is 16.3 Å². The van der Waals surface area contributed by atoms with E-state index in [0.29, 0.717) is 0 Å². The summed E-state index contributed by atoms with van der Waals surface area (Å²) in [6.45, 7) is 1.83. The summed E-state index contributed by atoms with van der Waals surface area (Å²) in [6.07, 6.45) is 0. The zero-order chi connectivity index (χ0) is 15.9. The molecule has 22 heavy (non-hydrogen) atoms. The van der Waals surface area contributed by atoms with Gasteiger partial charge >= 0.3 is 0 Å². The summed E-state index contributed by atoms with van der Waals surface area (Å²) in [5.41, 5.74) is 0.724. The molecular formula is C17H18ClNO2S. The van der Waals surface area contributed by atoms with E-state index in [9.17, 15) is 4.79 Å². The fourth-order valence-corrected chi connectivity index (χ4v) is 3.12. The van der Waals surface area contributed by atoms with E-state index in [1.807, 2.05) is 37.3 Å². The van der Waals surface area contributed by atoms with Crippen LogP contribution >= 0.6 is 23.4 Å². The lowest BCUT2D eigenvalue weighted by Gasteiger charge is -2.18. The van der Waals surface area contributed by atoms with Crippen LogP contribution < -0.4 is 10.1 Å². The number of halogens is 1. The van der Waals surface area contributed by atoms with E-state index < -0.39 is 0 Å². The minimum Gasteiger partial charge on any atom is -0.497 e. The molecule has 116 valence electrons. The molecule has 2 aromatic rings. The molecule has 0 fully saturated rings. The maximum Gasteiger partial charge on any atom is 0.239 e. The molecule has 0 radical (unpaired) electrons. The summed E-state index contributed by atoms with van der Waals surface area (Å²) in [5.74, 6) is 0.639. The van der Waals surface area contributed by atoms with Crippen LogP contribution in [0.3, 0.4) is 0 Å². The summed E-state index contributed by atoms with van der Waals surface area (Å²) in [6, 6.07) is 17.0. The van der Waals surface area contributed by atoms with Crippen molar-refractivity contribution in [1.82, 2.24) is 0 Å². The van der Waals surface area contributed by atoms with Gasteiger partial charge in [0.05, 0.1) is 12.5 Å². The van der Waals surface area contributed by atoms with E-state index >= 15 is 0 Å². The van der Waals surface area contributed by atoms with Crippen molar-refractivity contribution in [1.29, 1.82) is 0 Å². The van der Waals surface area contributed by atoms with Crippen LogP contribution in [0.5, 0.6) is 5.75 Å². The van der Waals surface area contributed by atoms with Gasteiger partial charge < -0.3 is 10.1 Å². The van der Waals surface area contributed by atoms with Crippen molar-refractivity contribution in [3.63, 3.8) is 0 Å². The second kappa shape index (κ2) is 8.11. The van der Waals surface area contributed by atoms with Crippen LogP contribution in [0.4, 0.5) is 5.69 Å². The Balaban J connectivity index is 2.05. The lowest BCUT2D eigenvalue weighted by atomic mass is 10.2. The number of nitrogens with one attached hydrogen (secondary N) is 1. The summed E-state index contributed by atoms with van der Waals surface area (Å²) < 4.78 is 5.10. The van der Waals surface area contributed by atoms with Crippen molar-refractivity contribution < 1.29 is 9.53 Å². The van der Waals surface area contributed by atoms with Crippen LogP contribution in [0.2, 0.25) is 0 Å². The predicted molar refractivity (Wildman–Crippen MR) is 93.0 cm³/mol. The largest absolute Gasteiger partial charge is 0.497 e. The molecule has 1 N–H and O–H groups in total. The first-order valence-electron chi connectivity index (χ1n) is 6.91. The SMILES string of the molecule is COc1ccc(NC(=O)[C@H](Sc2ccccc2)[C@@H](C)Cl)cc1. The predicted octanol–water partition coefficient (Wildman–Crippen LogP) is 4.42. The van der Waals surface area contributed by atoms with E-state index in [-0.39, 0.29) is 16.5 Å². The van der Waals surface area contributed by atoms with Gasteiger partial charge in [-0.05, 0) is 43.3 Å². The van der Waals surface area contributed by atoms with E-state index in [0.717, 1.165) is 16.3 Å². The number of alkyl halides is 1. The third-order valence-corrected chi connectivity index (χ3v) is 4.86. The van der Waals surface area contributed by atoms with Crippen LogP contribution in [-0.4, -0.2) is 23.6 Å². The van der Waals surface area contributed by atoms with Crippen LogP contribution in [0.1, 0.15) is 6.92 Å². The Kier molecular flexibility index (Phi) is 6.16. The zero-order valence-corrected chi connectivity index (χ0v) is 14.0. The van der Waals surface area contributed by atoms with Crippen molar-refractivity contribution in [2.45, 2.75) is 22.4 Å². The molecule has 0 spiro atoms. The molecular weight excluding hydrogens is 318 g/mol. The molecule has 3 nitrogen and oxygen atoms in total. The number of amides is 1. The number of hydrogen-bond donors (Lipinski definition) is 1. The van der Waals surface area contributed by atoms with Crippen molar-refractivity contribution in [3.05, 3.63) is 54.6 Å². The van der Waals surface area contributed by atoms with Gasteiger partial charge in [-0.15, -0.1) is 23.4 Å². The number of carbonyl (C=O) groups is 1. The molecule has 0 unspecified atom stereocenters. The van der Waals surface area contributed by atoms with Crippen LogP contribution in [-0.2, 0) is 4.79 Å². The number of anilines is 1. The van der Waals surface area contributed by atoms with Crippen molar-refractivity contribution in [3.8, 4) is 5.75 Å². The van der Waals surface area contributed by atoms with E-state index in [1.54, 1.807) is 31.4 Å². The summed E-state index contributed by atoms with van der Waals surface area (Å²) in [7, 11) is 1.61. The molecule has 0 bridgehead atoms. The van der Waals surface area contributed by atoms with Gasteiger partial charge in [0.25, 0.3) is 0 Å². The Morgan fingerprint density at radius 1 is 1.14 bits per heavy atom. The molecule has 0 aromatic heterocycles. The van der Waals surface area contributed by atoms with Gasteiger partial charge in [-0.2, -0.15) is 0 Å². The first kappa shape index (κ1) is 16.7. The van der Waals surface area contributed by atoms with Crippen molar-refractivity contribution in [2.75, 3.05) is 12.4 Å². The highest BCUT2D eigenvalue weighted by Crippen LogP contribution is 2.28. The van der Waals surface area contributed by atoms with Gasteiger partial charge in [0, 0.05) is 10.6 Å². The monoisotopic (exact) mass is 335 g/mol. The Labute approximate surface area is 140 Å². The quantitative estimate of drug-likeness (QED) is 0.627.